The van der Waals surface area contributed by atoms with Crippen molar-refractivity contribution < 1.29 is 19.4 Å². The molecular weight excluding hydrogens is 272 g/mol. The fraction of sp³-hybridized carbons (Fsp3) is 0.867. The summed E-state index contributed by atoms with van der Waals surface area (Å²) in [6.07, 6.45) is 4.93. The highest BCUT2D eigenvalue weighted by molar-refractivity contribution is 5.83. The second-order valence-electron chi connectivity index (χ2n) is 6.33. The summed E-state index contributed by atoms with van der Waals surface area (Å²) in [6, 6.07) is -0.637. The Hall–Kier alpha value is -1.14. The van der Waals surface area contributed by atoms with Crippen LogP contribution in [-0.2, 0) is 14.3 Å². The van der Waals surface area contributed by atoms with Crippen LogP contribution in [0.4, 0.5) is 0 Å². The predicted molar refractivity (Wildman–Crippen MR) is 77.6 cm³/mol. The van der Waals surface area contributed by atoms with Gasteiger partial charge in [0.15, 0.2) is 0 Å². The van der Waals surface area contributed by atoms with Crippen molar-refractivity contribution in [3.63, 3.8) is 0 Å². The highest BCUT2D eigenvalue weighted by Crippen LogP contribution is 2.39. The number of nitrogens with zero attached hydrogens (tertiary/aromatic N) is 1. The third-order valence-corrected chi connectivity index (χ3v) is 4.82. The van der Waals surface area contributed by atoms with E-state index in [1.54, 1.807) is 0 Å². The molecule has 1 aliphatic heterocycles. The summed E-state index contributed by atoms with van der Waals surface area (Å²) in [5.41, 5.74) is -0.524. The number of hydrogen-bond donors (Lipinski definition) is 2. The average molecular weight is 298 g/mol. The third-order valence-electron chi connectivity index (χ3n) is 4.82. The molecule has 1 aliphatic carbocycles. The van der Waals surface area contributed by atoms with Crippen LogP contribution in [0.3, 0.4) is 0 Å². The van der Waals surface area contributed by atoms with Gasteiger partial charge in [0, 0.05) is 32.5 Å². The number of hydrogen-bond acceptors (Lipinski definition) is 5. The molecular formula is C15H26N2O4. The molecule has 2 rings (SSSR count). The number of nitrogens with one attached hydrogen (secondary N) is 1. The number of carbonyl (C=O) groups excluding carboxylic acids is 2. The zero-order valence-corrected chi connectivity index (χ0v) is 12.9. The van der Waals surface area contributed by atoms with Crippen molar-refractivity contribution >= 4 is 11.9 Å². The smallest absolute Gasteiger partial charge is 0.329 e. The predicted octanol–water partition coefficient (Wildman–Crippen LogP) is 0.291. The minimum absolute atomic E-state index is 0.239. The van der Waals surface area contributed by atoms with Gasteiger partial charge in [-0.3, -0.25) is 4.79 Å². The van der Waals surface area contributed by atoms with Gasteiger partial charge in [-0.2, -0.15) is 0 Å². The Bertz CT molecular complexity index is 401. The van der Waals surface area contributed by atoms with E-state index in [0.717, 1.165) is 45.2 Å². The number of carbonyl (C=O) groups is 2. The molecule has 0 aromatic carbocycles. The molecule has 0 radical (unpaired) electrons. The topological polar surface area (TPSA) is 78.9 Å². The maximum atomic E-state index is 11.8. The lowest BCUT2D eigenvalue weighted by Crippen LogP contribution is -2.57. The monoisotopic (exact) mass is 298 g/mol. The van der Waals surface area contributed by atoms with Gasteiger partial charge in [0.2, 0.25) is 5.91 Å². The molecule has 0 spiro atoms. The van der Waals surface area contributed by atoms with Crippen molar-refractivity contribution in [2.75, 3.05) is 26.7 Å². The number of rotatable bonds is 4. The molecule has 1 saturated heterocycles. The molecule has 6 nitrogen and oxygen atoms in total. The molecule has 1 amide bonds. The van der Waals surface area contributed by atoms with Crippen LogP contribution in [-0.4, -0.2) is 60.3 Å². The largest absolute Gasteiger partial charge is 0.467 e. The first-order valence-electron chi connectivity index (χ1n) is 7.74. The Morgan fingerprint density at radius 3 is 2.86 bits per heavy atom. The van der Waals surface area contributed by atoms with Gasteiger partial charge in [0.05, 0.1) is 12.7 Å². The molecule has 3 unspecified atom stereocenters. The number of likely N-dealkylation sites (tertiary alicyclic amines) is 1. The Kier molecular flexibility index (Phi) is 5.22. The lowest BCUT2D eigenvalue weighted by Gasteiger charge is -2.47. The van der Waals surface area contributed by atoms with Crippen LogP contribution in [0.1, 0.15) is 39.0 Å². The quantitative estimate of drug-likeness (QED) is 0.729. The lowest BCUT2D eigenvalue weighted by atomic mass is 9.71. The first kappa shape index (κ1) is 16.2. The van der Waals surface area contributed by atoms with Gasteiger partial charge in [0.1, 0.15) is 6.04 Å². The Morgan fingerprint density at radius 1 is 1.43 bits per heavy atom. The fourth-order valence-electron chi connectivity index (χ4n) is 3.63. The molecule has 6 heteroatoms. The Labute approximate surface area is 125 Å². The molecule has 120 valence electrons. The first-order valence-corrected chi connectivity index (χ1v) is 7.74. The van der Waals surface area contributed by atoms with Gasteiger partial charge in [0.25, 0.3) is 0 Å². The maximum Gasteiger partial charge on any atom is 0.329 e. The van der Waals surface area contributed by atoms with Gasteiger partial charge in [-0.15, -0.1) is 0 Å². The highest BCUT2D eigenvalue weighted by atomic mass is 16.5. The van der Waals surface area contributed by atoms with Gasteiger partial charge >= 0.3 is 5.97 Å². The number of fused-ring (bicyclic) bond motifs is 1. The lowest BCUT2D eigenvalue weighted by molar-refractivity contribution is -0.146. The van der Waals surface area contributed by atoms with Crippen LogP contribution in [0.15, 0.2) is 0 Å². The van der Waals surface area contributed by atoms with Gasteiger partial charge in [-0.1, -0.05) is 12.8 Å². The van der Waals surface area contributed by atoms with Gasteiger partial charge in [-0.05, 0) is 19.3 Å². The SMILES string of the molecule is COC(=O)C(CN1CCC2(O)CCCCC2C1)NC(C)=O. The Morgan fingerprint density at radius 2 is 2.19 bits per heavy atom. The van der Waals surface area contributed by atoms with E-state index in [0.29, 0.717) is 6.54 Å². The summed E-state index contributed by atoms with van der Waals surface area (Å²) in [7, 11) is 1.33. The minimum Gasteiger partial charge on any atom is -0.467 e. The van der Waals surface area contributed by atoms with Crippen molar-refractivity contribution in [3.8, 4) is 0 Å². The molecule has 0 bridgehead atoms. The highest BCUT2D eigenvalue weighted by Gasteiger charge is 2.43. The summed E-state index contributed by atoms with van der Waals surface area (Å²) in [5.74, 6) is -0.387. The summed E-state index contributed by atoms with van der Waals surface area (Å²) >= 11 is 0. The van der Waals surface area contributed by atoms with E-state index in [1.165, 1.54) is 14.0 Å². The van der Waals surface area contributed by atoms with Crippen LogP contribution in [0.2, 0.25) is 0 Å². The van der Waals surface area contributed by atoms with E-state index < -0.39 is 17.6 Å². The number of ether oxygens (including phenoxy) is 1. The maximum absolute atomic E-state index is 11.8. The molecule has 2 aliphatic rings. The first-order chi connectivity index (χ1) is 9.94. The number of piperidine rings is 1. The van der Waals surface area contributed by atoms with Crippen LogP contribution >= 0.6 is 0 Å². The Balaban J connectivity index is 1.95. The zero-order valence-electron chi connectivity index (χ0n) is 12.9. The van der Waals surface area contributed by atoms with Gasteiger partial charge < -0.3 is 20.1 Å². The molecule has 2 N–H and O–H groups in total. The van der Waals surface area contributed by atoms with Crippen molar-refractivity contribution in [1.82, 2.24) is 10.2 Å². The van der Waals surface area contributed by atoms with E-state index >= 15 is 0 Å². The summed E-state index contributed by atoms with van der Waals surface area (Å²) < 4.78 is 4.75. The molecule has 3 atom stereocenters. The summed E-state index contributed by atoms with van der Waals surface area (Å²) in [6.45, 7) is 3.37. The molecule has 0 aromatic heterocycles. The van der Waals surface area contributed by atoms with Crippen LogP contribution < -0.4 is 5.32 Å². The standard InChI is InChI=1S/C15H26N2O4/c1-11(18)16-13(14(19)21-2)10-17-8-7-15(20)6-4-3-5-12(15)9-17/h12-13,20H,3-10H2,1-2H3,(H,16,18). The summed E-state index contributed by atoms with van der Waals surface area (Å²) in [4.78, 5) is 25.1. The number of esters is 1. The van der Waals surface area contributed by atoms with E-state index in [9.17, 15) is 14.7 Å². The molecule has 21 heavy (non-hydrogen) atoms. The van der Waals surface area contributed by atoms with Gasteiger partial charge in [-0.25, -0.2) is 4.79 Å². The van der Waals surface area contributed by atoms with E-state index in [-0.39, 0.29) is 11.8 Å². The number of methoxy groups -OCH3 is 1. The van der Waals surface area contributed by atoms with Crippen LogP contribution in [0, 0.1) is 5.92 Å². The van der Waals surface area contributed by atoms with Crippen molar-refractivity contribution in [1.29, 1.82) is 0 Å². The average Bonchev–Trinajstić information content (AvgIpc) is 2.45. The molecule has 0 aromatic rings. The van der Waals surface area contributed by atoms with E-state index in [2.05, 4.69) is 10.2 Å². The fourth-order valence-corrected chi connectivity index (χ4v) is 3.63. The molecule has 2 fully saturated rings. The van der Waals surface area contributed by atoms with Crippen LogP contribution in [0.5, 0.6) is 0 Å². The molecule has 1 heterocycles. The minimum atomic E-state index is -0.637. The van der Waals surface area contributed by atoms with E-state index in [1.807, 2.05) is 0 Å². The molecule has 1 saturated carbocycles. The second kappa shape index (κ2) is 6.75. The number of aliphatic hydroxyl groups is 1. The normalized spacial score (nSPS) is 31.1. The van der Waals surface area contributed by atoms with Crippen LogP contribution in [0.25, 0.3) is 0 Å². The zero-order chi connectivity index (χ0) is 15.5. The number of amides is 1. The van der Waals surface area contributed by atoms with Crippen molar-refractivity contribution in [2.45, 2.75) is 50.7 Å². The van der Waals surface area contributed by atoms with E-state index in [4.69, 9.17) is 4.74 Å². The second-order valence-corrected chi connectivity index (χ2v) is 6.33. The van der Waals surface area contributed by atoms with Crippen molar-refractivity contribution in [2.24, 2.45) is 5.92 Å². The third kappa shape index (κ3) is 3.95. The summed E-state index contributed by atoms with van der Waals surface area (Å²) in [5, 5.41) is 13.3. The van der Waals surface area contributed by atoms with Crippen molar-refractivity contribution in [3.05, 3.63) is 0 Å².